The van der Waals surface area contributed by atoms with Crippen molar-refractivity contribution in [1.29, 1.82) is 0 Å². The topological polar surface area (TPSA) is 74.3 Å². The van der Waals surface area contributed by atoms with Gasteiger partial charge in [0.15, 0.2) is 34.6 Å². The fraction of sp³-hybridized carbons (Fsp3) is 0.455. The van der Waals surface area contributed by atoms with E-state index < -0.39 is 5.41 Å². The maximum absolute atomic E-state index is 13.8. The summed E-state index contributed by atoms with van der Waals surface area (Å²) in [6, 6.07) is 11.4. The van der Waals surface area contributed by atoms with Crippen molar-refractivity contribution < 1.29 is 28.5 Å². The van der Waals surface area contributed by atoms with Crippen LogP contribution in [-0.4, -0.2) is 64.0 Å². The van der Waals surface area contributed by atoms with E-state index in [0.717, 1.165) is 37.1 Å². The van der Waals surface area contributed by atoms with Crippen LogP contribution in [0.1, 0.15) is 56.1 Å². The fourth-order valence-electron chi connectivity index (χ4n) is 5.93. The number of carbonyl (C=O) groups excluding carboxylic acids is 2. The van der Waals surface area contributed by atoms with Gasteiger partial charge in [-0.25, -0.2) is 0 Å². The Hall–Kier alpha value is -3.58. The van der Waals surface area contributed by atoms with E-state index in [9.17, 15) is 9.59 Å². The van der Waals surface area contributed by atoms with Crippen LogP contribution < -0.4 is 18.9 Å². The van der Waals surface area contributed by atoms with Crippen molar-refractivity contribution in [2.24, 2.45) is 5.41 Å². The fourth-order valence-corrected chi connectivity index (χ4v) is 5.93. The molecule has 0 radical (unpaired) electrons. The van der Waals surface area contributed by atoms with Gasteiger partial charge in [0.2, 0.25) is 0 Å². The zero-order valence-corrected chi connectivity index (χ0v) is 24.1. The van der Waals surface area contributed by atoms with E-state index in [1.165, 1.54) is 19.3 Å². The molecule has 2 aromatic carbocycles. The van der Waals surface area contributed by atoms with Crippen LogP contribution in [0, 0.1) is 5.41 Å². The van der Waals surface area contributed by atoms with Crippen LogP contribution in [0.15, 0.2) is 48.6 Å². The number of allylic oxidation sites excluding steroid dienone is 2. The highest BCUT2D eigenvalue weighted by atomic mass is 16.5. The monoisotopic (exact) mass is 547 g/mol. The van der Waals surface area contributed by atoms with Gasteiger partial charge in [-0.2, -0.15) is 0 Å². The molecule has 0 N–H and O–H groups in total. The quantitative estimate of drug-likeness (QED) is 0.252. The molecule has 0 spiro atoms. The van der Waals surface area contributed by atoms with Crippen LogP contribution >= 0.6 is 0 Å². The van der Waals surface area contributed by atoms with Gasteiger partial charge in [-0.05, 0) is 99.2 Å². The lowest BCUT2D eigenvalue weighted by molar-refractivity contribution is -0.138. The third-order valence-electron chi connectivity index (χ3n) is 8.33. The Morgan fingerprint density at radius 3 is 1.57 bits per heavy atom. The number of nitrogens with zero attached hydrogens (tertiary/aromatic N) is 1. The minimum atomic E-state index is -1.08. The maximum Gasteiger partial charge on any atom is 0.169 e. The highest BCUT2D eigenvalue weighted by Crippen LogP contribution is 2.41. The molecule has 7 nitrogen and oxygen atoms in total. The van der Waals surface area contributed by atoms with E-state index in [2.05, 4.69) is 4.90 Å². The molecule has 0 amide bonds. The van der Waals surface area contributed by atoms with Crippen LogP contribution in [-0.2, 0) is 9.59 Å². The first-order valence-corrected chi connectivity index (χ1v) is 14.1. The number of rotatable bonds is 11. The Morgan fingerprint density at radius 2 is 1.15 bits per heavy atom. The standard InChI is InChI=1S/C33H41NO6/c1-37-27-12-8-24(22-29(27)39-3)10-14-31(35)33(18-16-26(17-19-33)34-20-6-5-7-21-34)32(36)15-11-25-9-13-28(38-2)30(23-25)40-4/h8-15,22-23,26H,5-7,16-21H2,1-4H3/b14-10+,15-11+. The highest BCUT2D eigenvalue weighted by molar-refractivity contribution is 6.17. The Bertz CT molecular complexity index is 1160. The predicted molar refractivity (Wildman–Crippen MR) is 157 cm³/mol. The molecule has 0 unspecified atom stereocenters. The van der Waals surface area contributed by atoms with Gasteiger partial charge < -0.3 is 23.8 Å². The lowest BCUT2D eigenvalue weighted by atomic mass is 9.66. The smallest absolute Gasteiger partial charge is 0.169 e. The molecule has 214 valence electrons. The van der Waals surface area contributed by atoms with Crippen LogP contribution in [0.25, 0.3) is 12.2 Å². The first-order valence-electron chi connectivity index (χ1n) is 14.1. The average Bonchev–Trinajstić information content (AvgIpc) is 3.02. The number of ketones is 2. The molecule has 1 saturated carbocycles. The molecule has 40 heavy (non-hydrogen) atoms. The summed E-state index contributed by atoms with van der Waals surface area (Å²) in [5, 5.41) is 0. The second kappa shape index (κ2) is 13.7. The highest BCUT2D eigenvalue weighted by Gasteiger charge is 2.46. The van der Waals surface area contributed by atoms with E-state index in [4.69, 9.17) is 18.9 Å². The maximum atomic E-state index is 13.8. The molecule has 0 aromatic heterocycles. The van der Waals surface area contributed by atoms with Gasteiger partial charge in [-0.3, -0.25) is 9.59 Å². The Balaban J connectivity index is 1.58. The van der Waals surface area contributed by atoms with E-state index in [1.807, 2.05) is 24.3 Å². The number of hydrogen-bond donors (Lipinski definition) is 0. The van der Waals surface area contributed by atoms with Crippen LogP contribution in [0.4, 0.5) is 0 Å². The molecule has 0 bridgehead atoms. The van der Waals surface area contributed by atoms with Crippen molar-refractivity contribution in [3.8, 4) is 23.0 Å². The number of piperidine rings is 1. The van der Waals surface area contributed by atoms with Crippen molar-refractivity contribution in [2.75, 3.05) is 41.5 Å². The van der Waals surface area contributed by atoms with Crippen molar-refractivity contribution in [3.05, 3.63) is 59.7 Å². The van der Waals surface area contributed by atoms with E-state index in [0.29, 0.717) is 41.9 Å². The van der Waals surface area contributed by atoms with E-state index >= 15 is 0 Å². The third kappa shape index (κ3) is 6.58. The Labute approximate surface area is 237 Å². The van der Waals surface area contributed by atoms with Crippen molar-refractivity contribution >= 4 is 23.7 Å². The van der Waals surface area contributed by atoms with Gasteiger partial charge in [-0.1, -0.05) is 30.7 Å². The molecule has 7 heteroatoms. The molecule has 1 saturated heterocycles. The SMILES string of the molecule is COc1ccc(/C=C/C(=O)C2(C(=O)/C=C/c3ccc(OC)c(OC)c3)CCC(N3CCCCC3)CC2)cc1OC. The van der Waals surface area contributed by atoms with Gasteiger partial charge in [0.05, 0.1) is 33.9 Å². The first kappa shape index (κ1) is 29.4. The second-order valence-corrected chi connectivity index (χ2v) is 10.5. The van der Waals surface area contributed by atoms with Gasteiger partial charge in [0, 0.05) is 6.04 Å². The molecule has 2 aliphatic rings. The molecule has 2 fully saturated rings. The van der Waals surface area contributed by atoms with E-state index in [1.54, 1.807) is 64.9 Å². The number of benzene rings is 2. The summed E-state index contributed by atoms with van der Waals surface area (Å²) >= 11 is 0. The summed E-state index contributed by atoms with van der Waals surface area (Å²) in [6.45, 7) is 2.22. The molecule has 2 aromatic rings. The minimum Gasteiger partial charge on any atom is -0.493 e. The largest absolute Gasteiger partial charge is 0.493 e. The first-order chi connectivity index (χ1) is 19.4. The number of hydrogen-bond acceptors (Lipinski definition) is 7. The zero-order chi connectivity index (χ0) is 28.5. The summed E-state index contributed by atoms with van der Waals surface area (Å²) < 4.78 is 21.5. The summed E-state index contributed by atoms with van der Waals surface area (Å²) in [6.07, 6.45) is 13.1. The molecule has 1 aliphatic carbocycles. The molecular formula is C33H41NO6. The molecular weight excluding hydrogens is 506 g/mol. The number of carbonyl (C=O) groups is 2. The van der Waals surface area contributed by atoms with Crippen LogP contribution in [0.3, 0.4) is 0 Å². The minimum absolute atomic E-state index is 0.152. The van der Waals surface area contributed by atoms with Gasteiger partial charge in [-0.15, -0.1) is 0 Å². The van der Waals surface area contributed by atoms with Gasteiger partial charge in [0.25, 0.3) is 0 Å². The number of methoxy groups -OCH3 is 4. The molecule has 4 rings (SSSR count). The summed E-state index contributed by atoms with van der Waals surface area (Å²) in [4.78, 5) is 30.2. The van der Waals surface area contributed by atoms with Crippen LogP contribution in [0.5, 0.6) is 23.0 Å². The van der Waals surface area contributed by atoms with Crippen molar-refractivity contribution in [3.63, 3.8) is 0 Å². The van der Waals surface area contributed by atoms with Gasteiger partial charge >= 0.3 is 0 Å². The Morgan fingerprint density at radius 1 is 0.700 bits per heavy atom. The zero-order valence-electron chi connectivity index (χ0n) is 24.1. The second-order valence-electron chi connectivity index (χ2n) is 10.5. The average molecular weight is 548 g/mol. The normalized spacial score (nSPS) is 18.1. The summed E-state index contributed by atoms with van der Waals surface area (Å²) in [7, 11) is 6.33. The van der Waals surface area contributed by atoms with Crippen molar-refractivity contribution in [1.82, 2.24) is 4.90 Å². The van der Waals surface area contributed by atoms with Gasteiger partial charge in [0.1, 0.15) is 0 Å². The predicted octanol–water partition coefficient (Wildman–Crippen LogP) is 6.00. The molecule has 0 atom stereocenters. The van der Waals surface area contributed by atoms with Crippen molar-refractivity contribution in [2.45, 2.75) is 51.0 Å². The summed E-state index contributed by atoms with van der Waals surface area (Å²) in [5.74, 6) is 2.11. The lowest BCUT2D eigenvalue weighted by Gasteiger charge is -2.42. The summed E-state index contributed by atoms with van der Waals surface area (Å²) in [5.41, 5.74) is 0.528. The number of ether oxygens (including phenoxy) is 4. The molecule has 1 heterocycles. The number of likely N-dealkylation sites (tertiary alicyclic amines) is 1. The molecule has 1 aliphatic heterocycles. The van der Waals surface area contributed by atoms with Crippen LogP contribution in [0.2, 0.25) is 0 Å². The van der Waals surface area contributed by atoms with E-state index in [-0.39, 0.29) is 11.6 Å². The Kier molecular flexibility index (Phi) is 10.0. The third-order valence-corrected chi connectivity index (χ3v) is 8.33. The lowest BCUT2D eigenvalue weighted by Crippen LogP contribution is -2.47.